The van der Waals surface area contributed by atoms with E-state index in [1.165, 1.54) is 0 Å². The Bertz CT molecular complexity index is 440. The van der Waals surface area contributed by atoms with Crippen molar-refractivity contribution in [3.05, 3.63) is 42.0 Å². The van der Waals surface area contributed by atoms with Crippen LogP contribution in [0.25, 0.3) is 0 Å². The summed E-state index contributed by atoms with van der Waals surface area (Å²) in [7, 11) is 1.90. The molecule has 2 aromatic heterocycles. The number of rotatable bonds is 4. The van der Waals surface area contributed by atoms with E-state index in [2.05, 4.69) is 15.3 Å². The summed E-state index contributed by atoms with van der Waals surface area (Å²) in [5, 5.41) is 21.4. The van der Waals surface area contributed by atoms with Crippen LogP contribution in [0.3, 0.4) is 0 Å². The Morgan fingerprint density at radius 1 is 1.31 bits per heavy atom. The Kier molecular flexibility index (Phi) is 3.26. The summed E-state index contributed by atoms with van der Waals surface area (Å²) < 4.78 is 1.82. The first kappa shape index (κ1) is 10.8. The van der Waals surface area contributed by atoms with Crippen molar-refractivity contribution in [2.24, 2.45) is 7.05 Å². The van der Waals surface area contributed by atoms with E-state index in [1.807, 2.05) is 17.8 Å². The highest BCUT2D eigenvalue weighted by molar-refractivity contribution is 5.10. The molecule has 1 unspecified atom stereocenters. The third kappa shape index (κ3) is 2.43. The molecule has 5 heteroatoms. The van der Waals surface area contributed by atoms with Crippen LogP contribution in [0.5, 0.6) is 0 Å². The second-order valence-electron chi connectivity index (χ2n) is 3.68. The van der Waals surface area contributed by atoms with Crippen molar-refractivity contribution in [2.45, 2.75) is 18.9 Å². The largest absolute Gasteiger partial charge is 0.388 e. The topological polar surface area (TPSA) is 63.8 Å². The maximum Gasteiger partial charge on any atom is 0.0809 e. The Hall–Kier alpha value is -1.75. The van der Waals surface area contributed by atoms with Gasteiger partial charge < -0.3 is 5.11 Å². The summed E-state index contributed by atoms with van der Waals surface area (Å²) in [4.78, 5) is 0. The van der Waals surface area contributed by atoms with Crippen molar-refractivity contribution >= 4 is 0 Å². The van der Waals surface area contributed by atoms with Gasteiger partial charge in [0.25, 0.3) is 0 Å². The van der Waals surface area contributed by atoms with Gasteiger partial charge in [0, 0.05) is 30.7 Å². The number of aliphatic hydroxyl groups excluding tert-OH is 1. The van der Waals surface area contributed by atoms with Gasteiger partial charge >= 0.3 is 0 Å². The molecule has 0 saturated heterocycles. The van der Waals surface area contributed by atoms with E-state index in [-0.39, 0.29) is 0 Å². The molecule has 0 bridgehead atoms. The molecule has 0 aliphatic rings. The Morgan fingerprint density at radius 3 is 2.81 bits per heavy atom. The fourth-order valence-electron chi connectivity index (χ4n) is 1.60. The van der Waals surface area contributed by atoms with Crippen molar-refractivity contribution in [1.29, 1.82) is 0 Å². The zero-order chi connectivity index (χ0) is 11.4. The maximum absolute atomic E-state index is 9.91. The Balaban J connectivity index is 1.94. The zero-order valence-electron chi connectivity index (χ0n) is 9.11. The molecule has 0 aliphatic carbocycles. The lowest BCUT2D eigenvalue weighted by molar-refractivity contribution is 0.166. The van der Waals surface area contributed by atoms with Crippen LogP contribution in [-0.2, 0) is 13.5 Å². The summed E-state index contributed by atoms with van der Waals surface area (Å²) in [6.45, 7) is 0. The molecule has 16 heavy (non-hydrogen) atoms. The van der Waals surface area contributed by atoms with Gasteiger partial charge in [-0.2, -0.15) is 15.3 Å². The quantitative estimate of drug-likeness (QED) is 0.827. The van der Waals surface area contributed by atoms with Crippen LogP contribution in [0.1, 0.15) is 23.8 Å². The number of hydrogen-bond donors (Lipinski definition) is 1. The van der Waals surface area contributed by atoms with Gasteiger partial charge in [0.2, 0.25) is 0 Å². The highest BCUT2D eigenvalue weighted by atomic mass is 16.3. The minimum absolute atomic E-state index is 0.495. The lowest BCUT2D eigenvalue weighted by Gasteiger charge is -2.09. The molecular weight excluding hydrogens is 204 g/mol. The number of aryl methyl sites for hydroxylation is 2. The minimum atomic E-state index is -0.495. The first-order chi connectivity index (χ1) is 7.77. The SMILES string of the molecule is Cn1nccc1CCC(O)c1ccnnc1. The van der Waals surface area contributed by atoms with Crippen LogP contribution < -0.4 is 0 Å². The van der Waals surface area contributed by atoms with Gasteiger partial charge in [0.15, 0.2) is 0 Å². The highest BCUT2D eigenvalue weighted by Gasteiger charge is 2.09. The smallest absolute Gasteiger partial charge is 0.0809 e. The van der Waals surface area contributed by atoms with Crippen LogP contribution in [0.2, 0.25) is 0 Å². The molecule has 0 fully saturated rings. The van der Waals surface area contributed by atoms with Gasteiger partial charge in [-0.05, 0) is 25.0 Å². The van der Waals surface area contributed by atoms with Crippen LogP contribution in [0.4, 0.5) is 0 Å². The summed E-state index contributed by atoms with van der Waals surface area (Å²) in [6, 6.07) is 3.73. The molecule has 0 radical (unpaired) electrons. The molecule has 0 aromatic carbocycles. The summed E-state index contributed by atoms with van der Waals surface area (Å²) in [6.07, 6.45) is 5.89. The number of aliphatic hydroxyl groups is 1. The lowest BCUT2D eigenvalue weighted by Crippen LogP contribution is -2.04. The second kappa shape index (κ2) is 4.85. The van der Waals surface area contributed by atoms with Crippen molar-refractivity contribution in [1.82, 2.24) is 20.0 Å². The summed E-state index contributed by atoms with van der Waals surface area (Å²) >= 11 is 0. The lowest BCUT2D eigenvalue weighted by atomic mass is 10.1. The second-order valence-corrected chi connectivity index (χ2v) is 3.68. The first-order valence-electron chi connectivity index (χ1n) is 5.19. The maximum atomic E-state index is 9.91. The molecule has 2 heterocycles. The average Bonchev–Trinajstić information content (AvgIpc) is 2.73. The fraction of sp³-hybridized carbons (Fsp3) is 0.364. The number of aromatic nitrogens is 4. The zero-order valence-corrected chi connectivity index (χ0v) is 9.11. The van der Waals surface area contributed by atoms with Crippen molar-refractivity contribution in [3.63, 3.8) is 0 Å². The van der Waals surface area contributed by atoms with E-state index in [9.17, 15) is 5.11 Å². The van der Waals surface area contributed by atoms with Crippen LogP contribution in [0, 0.1) is 0 Å². The van der Waals surface area contributed by atoms with Crippen molar-refractivity contribution in [2.75, 3.05) is 0 Å². The van der Waals surface area contributed by atoms with E-state index < -0.39 is 6.10 Å². The van der Waals surface area contributed by atoms with Crippen LogP contribution in [-0.4, -0.2) is 25.1 Å². The average molecular weight is 218 g/mol. The monoisotopic (exact) mass is 218 g/mol. The Morgan fingerprint density at radius 2 is 2.19 bits per heavy atom. The standard InChI is InChI=1S/C11H14N4O/c1-15-10(5-7-14-15)2-3-11(16)9-4-6-12-13-8-9/h4-8,11,16H,2-3H2,1H3. The molecule has 1 atom stereocenters. The molecule has 0 amide bonds. The predicted molar refractivity (Wildman–Crippen MR) is 58.5 cm³/mol. The minimum Gasteiger partial charge on any atom is -0.388 e. The van der Waals surface area contributed by atoms with E-state index >= 15 is 0 Å². The first-order valence-corrected chi connectivity index (χ1v) is 5.19. The van der Waals surface area contributed by atoms with E-state index in [0.717, 1.165) is 17.7 Å². The van der Waals surface area contributed by atoms with Gasteiger partial charge in [-0.15, -0.1) is 0 Å². The fourth-order valence-corrected chi connectivity index (χ4v) is 1.60. The van der Waals surface area contributed by atoms with Gasteiger partial charge in [0.05, 0.1) is 12.3 Å². The molecule has 0 spiro atoms. The van der Waals surface area contributed by atoms with Gasteiger partial charge in [-0.3, -0.25) is 4.68 Å². The molecule has 84 valence electrons. The number of hydrogen-bond acceptors (Lipinski definition) is 4. The number of nitrogens with zero attached hydrogens (tertiary/aromatic N) is 4. The highest BCUT2D eigenvalue weighted by Crippen LogP contribution is 2.17. The summed E-state index contributed by atoms with van der Waals surface area (Å²) in [5.41, 5.74) is 1.92. The third-order valence-corrected chi connectivity index (χ3v) is 2.59. The Labute approximate surface area is 93.8 Å². The van der Waals surface area contributed by atoms with Gasteiger partial charge in [-0.25, -0.2) is 0 Å². The van der Waals surface area contributed by atoms with Gasteiger partial charge in [0.1, 0.15) is 0 Å². The van der Waals surface area contributed by atoms with Crippen LogP contribution >= 0.6 is 0 Å². The molecule has 5 nitrogen and oxygen atoms in total. The van der Waals surface area contributed by atoms with E-state index in [0.29, 0.717) is 6.42 Å². The molecule has 0 aliphatic heterocycles. The molecule has 2 rings (SSSR count). The van der Waals surface area contributed by atoms with E-state index in [1.54, 1.807) is 24.7 Å². The summed E-state index contributed by atoms with van der Waals surface area (Å²) in [5.74, 6) is 0. The van der Waals surface area contributed by atoms with E-state index in [4.69, 9.17) is 0 Å². The van der Waals surface area contributed by atoms with Crippen LogP contribution in [0.15, 0.2) is 30.7 Å². The van der Waals surface area contributed by atoms with Crippen molar-refractivity contribution < 1.29 is 5.11 Å². The third-order valence-electron chi connectivity index (χ3n) is 2.59. The molecule has 0 saturated carbocycles. The van der Waals surface area contributed by atoms with Gasteiger partial charge in [-0.1, -0.05) is 0 Å². The predicted octanol–water partition coefficient (Wildman–Crippen LogP) is 0.876. The molecule has 2 aromatic rings. The molecular formula is C11H14N4O. The van der Waals surface area contributed by atoms with Crippen molar-refractivity contribution in [3.8, 4) is 0 Å². The normalized spacial score (nSPS) is 12.6. The molecule has 1 N–H and O–H groups in total.